The maximum absolute atomic E-state index is 14.0. The lowest BCUT2D eigenvalue weighted by atomic mass is 9.97. The number of imide groups is 1. The van der Waals surface area contributed by atoms with E-state index >= 15 is 0 Å². The Labute approximate surface area is 356 Å². The van der Waals surface area contributed by atoms with Crippen molar-refractivity contribution in [3.8, 4) is 11.1 Å². The highest BCUT2D eigenvalue weighted by Crippen LogP contribution is 2.36. The van der Waals surface area contributed by atoms with E-state index < -0.39 is 66.6 Å². The number of hydrogen-bond acceptors (Lipinski definition) is 11. The summed E-state index contributed by atoms with van der Waals surface area (Å²) in [5.74, 6) is -1.88. The van der Waals surface area contributed by atoms with Crippen molar-refractivity contribution in [3.05, 3.63) is 155 Å². The first-order valence-electron chi connectivity index (χ1n) is 20.7. The summed E-state index contributed by atoms with van der Waals surface area (Å²) in [6.45, 7) is 5.62. The Bertz CT molecular complexity index is 2210. The van der Waals surface area contributed by atoms with Gasteiger partial charge < -0.3 is 37.9 Å². The van der Waals surface area contributed by atoms with Crippen LogP contribution in [0.5, 0.6) is 0 Å². The van der Waals surface area contributed by atoms with Crippen LogP contribution in [0.25, 0.3) is 11.1 Å². The second-order valence-corrected chi connectivity index (χ2v) is 15.5. The number of amides is 2. The number of carbonyl (C=O) groups is 3. The van der Waals surface area contributed by atoms with Gasteiger partial charge in [0.2, 0.25) is 11.7 Å². The number of methoxy groups -OCH3 is 1. The third-order valence-corrected chi connectivity index (χ3v) is 11.2. The number of hydrogen-bond donors (Lipinski definition) is 1. The van der Waals surface area contributed by atoms with Crippen LogP contribution < -0.4 is 0 Å². The van der Waals surface area contributed by atoms with Gasteiger partial charge in [0, 0.05) is 25.7 Å². The molecular weight excluding hydrogens is 779 g/mol. The molecule has 1 aromatic heterocycles. The zero-order valence-electron chi connectivity index (χ0n) is 34.9. The fraction of sp³-hybridized carbons (Fsp3) is 0.367. The molecule has 0 saturated carbocycles. The van der Waals surface area contributed by atoms with Gasteiger partial charge in [0.1, 0.15) is 42.2 Å². The summed E-state index contributed by atoms with van der Waals surface area (Å²) >= 11 is 0. The number of furan rings is 1. The molecule has 61 heavy (non-hydrogen) atoms. The molecule has 2 aliphatic rings. The lowest BCUT2D eigenvalue weighted by Crippen LogP contribution is -2.61. The number of nitrogens with zero attached hydrogens (tertiary/aromatic N) is 1. The molecule has 0 bridgehead atoms. The van der Waals surface area contributed by atoms with Crippen molar-refractivity contribution in [2.24, 2.45) is 5.92 Å². The van der Waals surface area contributed by atoms with E-state index in [0.717, 1.165) is 32.7 Å². The minimum Gasteiger partial charge on any atom is -0.457 e. The van der Waals surface area contributed by atoms with Gasteiger partial charge in [0.25, 0.3) is 0 Å². The lowest BCUT2D eigenvalue weighted by Gasteiger charge is -2.45. The standard InChI is InChI=1S/C49H53NO11/c1-31-16-14-23-37(26-31)38-27-40(42(52)32(2)47(53)50-33(3)43(61-49(50)54)36-21-12-7-13-22-36)59-39(38)24-15-25-56-46-45(58-30-35-19-10-6-11-20-35)44(41(28-51)60-48(46)55-4)57-29-34-17-8-5-9-18-34/h5-14,16-23,26-27,32-33,41,43-46,48,51H,15,24-25,28-30H2,1-4H3. The fourth-order valence-corrected chi connectivity index (χ4v) is 7.94. The predicted molar refractivity (Wildman–Crippen MR) is 225 cm³/mol. The molecule has 8 unspecified atom stereocenters. The number of aryl methyl sites for hydroxylation is 2. The number of aliphatic hydroxyl groups is 1. The first-order chi connectivity index (χ1) is 29.7. The first-order valence-corrected chi connectivity index (χ1v) is 20.7. The van der Waals surface area contributed by atoms with Crippen LogP contribution in [0.3, 0.4) is 0 Å². The van der Waals surface area contributed by atoms with Crippen molar-refractivity contribution in [2.75, 3.05) is 20.3 Å². The van der Waals surface area contributed by atoms with E-state index in [1.54, 1.807) is 13.0 Å². The summed E-state index contributed by atoms with van der Waals surface area (Å²) in [6, 6.07) is 37.6. The number of benzene rings is 4. The Hall–Kier alpha value is -5.47. The number of rotatable bonds is 18. The summed E-state index contributed by atoms with van der Waals surface area (Å²) < 4.78 is 43.4. The molecule has 3 heterocycles. The normalized spacial score (nSPS) is 23.1. The molecule has 12 heteroatoms. The van der Waals surface area contributed by atoms with Crippen molar-refractivity contribution < 1.29 is 52.3 Å². The van der Waals surface area contributed by atoms with Crippen molar-refractivity contribution in [3.63, 3.8) is 0 Å². The maximum Gasteiger partial charge on any atom is 0.417 e. The van der Waals surface area contributed by atoms with Gasteiger partial charge >= 0.3 is 6.09 Å². The molecule has 0 aliphatic carbocycles. The molecule has 2 amide bonds. The van der Waals surface area contributed by atoms with Gasteiger partial charge in [0.15, 0.2) is 12.1 Å². The second-order valence-electron chi connectivity index (χ2n) is 15.5. The van der Waals surface area contributed by atoms with Gasteiger partial charge in [-0.25, -0.2) is 9.69 Å². The van der Waals surface area contributed by atoms with Crippen molar-refractivity contribution in [1.29, 1.82) is 0 Å². The van der Waals surface area contributed by atoms with Gasteiger partial charge in [-0.1, -0.05) is 121 Å². The molecule has 12 nitrogen and oxygen atoms in total. The van der Waals surface area contributed by atoms with Crippen molar-refractivity contribution in [2.45, 2.75) is 89.7 Å². The molecule has 0 radical (unpaired) electrons. The van der Waals surface area contributed by atoms with Gasteiger partial charge in [-0.05, 0) is 55.5 Å². The molecule has 2 fully saturated rings. The largest absolute Gasteiger partial charge is 0.457 e. The van der Waals surface area contributed by atoms with Crippen LogP contribution in [0.1, 0.15) is 64.9 Å². The molecule has 1 N–H and O–H groups in total. The van der Waals surface area contributed by atoms with E-state index in [4.69, 9.17) is 32.8 Å². The van der Waals surface area contributed by atoms with Crippen molar-refractivity contribution in [1.82, 2.24) is 4.90 Å². The summed E-state index contributed by atoms with van der Waals surface area (Å²) in [7, 11) is 1.52. The van der Waals surface area contributed by atoms with Crippen LogP contribution in [-0.2, 0) is 52.9 Å². The van der Waals surface area contributed by atoms with Gasteiger partial charge in [-0.3, -0.25) is 9.59 Å². The minimum atomic E-state index is -1.22. The second kappa shape index (κ2) is 20.4. The average molecular weight is 832 g/mol. The highest BCUT2D eigenvalue weighted by molar-refractivity contribution is 6.12. The molecule has 5 aromatic rings. The molecule has 7 rings (SSSR count). The Kier molecular flexibility index (Phi) is 14.6. The first kappa shape index (κ1) is 43.6. The number of cyclic esters (lactones) is 1. The Morgan fingerprint density at radius 3 is 2.07 bits per heavy atom. The molecule has 4 aromatic carbocycles. The number of aliphatic hydroxyl groups excluding tert-OH is 1. The average Bonchev–Trinajstić information content (AvgIpc) is 3.86. The summed E-state index contributed by atoms with van der Waals surface area (Å²) in [6.07, 6.45) is -4.35. The number of Topliss-reactive ketones (excluding diaryl/α,β-unsaturated/α-hetero) is 1. The van der Waals surface area contributed by atoms with E-state index in [0.29, 0.717) is 24.2 Å². The zero-order valence-corrected chi connectivity index (χ0v) is 34.9. The quantitative estimate of drug-likeness (QED) is 0.0521. The highest BCUT2D eigenvalue weighted by atomic mass is 16.7. The zero-order chi connectivity index (χ0) is 42.9. The number of carbonyl (C=O) groups excluding carboxylic acids is 3. The van der Waals surface area contributed by atoms with Crippen LogP contribution in [0.2, 0.25) is 0 Å². The minimum absolute atomic E-state index is 0.0102. The van der Waals surface area contributed by atoms with E-state index in [1.807, 2.05) is 122 Å². The molecule has 2 saturated heterocycles. The topological polar surface area (TPSA) is 143 Å². The SMILES string of the molecule is COC1OC(CO)C(OCc2ccccc2)C(OCc2ccccc2)C1OCCCc1oc(C(=O)C(C)C(=O)N2C(=O)OC(c3ccccc3)C2C)cc1-c1cccc(C)c1. The fourth-order valence-electron chi connectivity index (χ4n) is 7.94. The maximum atomic E-state index is 14.0. The van der Waals surface area contributed by atoms with Crippen LogP contribution in [0.4, 0.5) is 4.79 Å². The Morgan fingerprint density at radius 1 is 0.803 bits per heavy atom. The third kappa shape index (κ3) is 10.2. The summed E-state index contributed by atoms with van der Waals surface area (Å²) in [5.41, 5.74) is 5.26. The molecule has 8 atom stereocenters. The molecule has 0 spiro atoms. The van der Waals surface area contributed by atoms with E-state index in [-0.39, 0.29) is 32.2 Å². The highest BCUT2D eigenvalue weighted by Gasteiger charge is 2.49. The third-order valence-electron chi connectivity index (χ3n) is 11.2. The van der Waals surface area contributed by atoms with Crippen LogP contribution in [0.15, 0.2) is 126 Å². The molecular formula is C49H53NO11. The predicted octanol–water partition coefficient (Wildman–Crippen LogP) is 8.03. The number of ether oxygens (including phenoxy) is 6. The number of ketones is 1. The van der Waals surface area contributed by atoms with Crippen LogP contribution >= 0.6 is 0 Å². The van der Waals surface area contributed by atoms with E-state index in [2.05, 4.69) is 0 Å². The van der Waals surface area contributed by atoms with Crippen molar-refractivity contribution >= 4 is 17.8 Å². The van der Waals surface area contributed by atoms with Gasteiger partial charge in [-0.15, -0.1) is 0 Å². The smallest absolute Gasteiger partial charge is 0.417 e. The van der Waals surface area contributed by atoms with E-state index in [9.17, 15) is 19.5 Å². The summed E-state index contributed by atoms with van der Waals surface area (Å²) in [5, 5.41) is 10.4. The van der Waals surface area contributed by atoms with Gasteiger partial charge in [-0.2, -0.15) is 0 Å². The van der Waals surface area contributed by atoms with Crippen LogP contribution in [0, 0.1) is 12.8 Å². The molecule has 2 aliphatic heterocycles. The van der Waals surface area contributed by atoms with Gasteiger partial charge in [0.05, 0.1) is 25.9 Å². The Morgan fingerprint density at radius 2 is 1.44 bits per heavy atom. The lowest BCUT2D eigenvalue weighted by molar-refractivity contribution is -0.319. The van der Waals surface area contributed by atoms with E-state index in [1.165, 1.54) is 14.0 Å². The van der Waals surface area contributed by atoms with Crippen LogP contribution in [-0.4, -0.2) is 84.9 Å². The monoisotopic (exact) mass is 831 g/mol. The Balaban J connectivity index is 1.08. The summed E-state index contributed by atoms with van der Waals surface area (Å²) in [4.78, 5) is 41.8. The molecule has 320 valence electrons.